The second kappa shape index (κ2) is 3.87. The lowest BCUT2D eigenvalue weighted by atomic mass is 9.88. The van der Waals surface area contributed by atoms with Gasteiger partial charge in [0.25, 0.3) is 5.69 Å². The molecule has 1 aliphatic rings. The lowest BCUT2D eigenvalue weighted by Crippen LogP contribution is -2.33. The monoisotopic (exact) mass is 220 g/mol. The van der Waals surface area contributed by atoms with Gasteiger partial charge in [-0.1, -0.05) is 18.9 Å². The van der Waals surface area contributed by atoms with Gasteiger partial charge in [-0.15, -0.1) is 0 Å². The van der Waals surface area contributed by atoms with Crippen LogP contribution < -0.4 is 5.73 Å². The van der Waals surface area contributed by atoms with E-state index in [1.165, 1.54) is 0 Å². The first-order chi connectivity index (χ1) is 7.53. The normalized spacial score (nSPS) is 18.6. The minimum absolute atomic E-state index is 0.172. The molecule has 1 aromatic carbocycles. The Hall–Kier alpha value is -1.42. The molecule has 0 saturated heterocycles. The summed E-state index contributed by atoms with van der Waals surface area (Å²) in [6.45, 7) is 1.76. The molecule has 2 rings (SSSR count). The predicted octanol–water partition coefficient (Wildman–Crippen LogP) is 2.63. The van der Waals surface area contributed by atoms with Gasteiger partial charge in [0, 0.05) is 17.2 Å². The minimum atomic E-state index is -0.350. The van der Waals surface area contributed by atoms with Crippen molar-refractivity contribution < 1.29 is 4.92 Å². The van der Waals surface area contributed by atoms with Gasteiger partial charge in [-0.2, -0.15) is 0 Å². The van der Waals surface area contributed by atoms with Crippen LogP contribution in [0.25, 0.3) is 0 Å². The van der Waals surface area contributed by atoms with Crippen molar-refractivity contribution >= 4 is 5.69 Å². The summed E-state index contributed by atoms with van der Waals surface area (Å²) in [6.07, 6.45) is 4.24. The van der Waals surface area contributed by atoms with Crippen molar-refractivity contribution in [2.75, 3.05) is 0 Å². The topological polar surface area (TPSA) is 69.2 Å². The molecule has 0 atom stereocenters. The van der Waals surface area contributed by atoms with Crippen LogP contribution in [-0.4, -0.2) is 4.92 Å². The fourth-order valence-corrected chi connectivity index (χ4v) is 2.46. The Morgan fingerprint density at radius 1 is 1.38 bits per heavy atom. The van der Waals surface area contributed by atoms with Crippen molar-refractivity contribution in [1.29, 1.82) is 0 Å². The largest absolute Gasteiger partial charge is 0.321 e. The third kappa shape index (κ3) is 1.80. The quantitative estimate of drug-likeness (QED) is 0.615. The number of benzene rings is 1. The Labute approximate surface area is 94.6 Å². The van der Waals surface area contributed by atoms with E-state index in [-0.39, 0.29) is 16.1 Å². The summed E-state index contributed by atoms with van der Waals surface area (Å²) < 4.78 is 0. The lowest BCUT2D eigenvalue weighted by Gasteiger charge is -2.24. The maximum absolute atomic E-state index is 10.7. The van der Waals surface area contributed by atoms with E-state index in [9.17, 15) is 10.1 Å². The van der Waals surface area contributed by atoms with Crippen molar-refractivity contribution in [2.45, 2.75) is 38.1 Å². The Morgan fingerprint density at radius 3 is 2.50 bits per heavy atom. The van der Waals surface area contributed by atoms with E-state index in [2.05, 4.69) is 0 Å². The van der Waals surface area contributed by atoms with Crippen LogP contribution in [0.2, 0.25) is 0 Å². The SMILES string of the molecule is Cc1cc(C2(N)CCCC2)ccc1[N+](=O)[O-]. The molecule has 1 fully saturated rings. The molecule has 86 valence electrons. The highest BCUT2D eigenvalue weighted by molar-refractivity contribution is 5.44. The van der Waals surface area contributed by atoms with Crippen molar-refractivity contribution in [3.05, 3.63) is 39.4 Å². The molecule has 0 heterocycles. The van der Waals surface area contributed by atoms with E-state index in [1.807, 2.05) is 6.07 Å². The molecule has 0 unspecified atom stereocenters. The third-order valence-electron chi connectivity index (χ3n) is 3.46. The molecule has 4 nitrogen and oxygen atoms in total. The number of nitrogens with two attached hydrogens (primary N) is 1. The van der Waals surface area contributed by atoms with Crippen LogP contribution in [0.5, 0.6) is 0 Å². The first-order valence-electron chi connectivity index (χ1n) is 5.57. The first-order valence-corrected chi connectivity index (χ1v) is 5.57. The number of aryl methyl sites for hydroxylation is 1. The highest BCUT2D eigenvalue weighted by Gasteiger charge is 2.31. The molecule has 0 aromatic heterocycles. The number of nitro groups is 1. The molecule has 1 saturated carbocycles. The van der Waals surface area contributed by atoms with Gasteiger partial charge in [-0.05, 0) is 31.4 Å². The molecule has 0 amide bonds. The number of hydrogen-bond donors (Lipinski definition) is 1. The summed E-state index contributed by atoms with van der Waals surface area (Å²) in [4.78, 5) is 10.4. The van der Waals surface area contributed by atoms with Crippen LogP contribution in [0, 0.1) is 17.0 Å². The van der Waals surface area contributed by atoms with Gasteiger partial charge in [0.15, 0.2) is 0 Å². The Kier molecular flexibility index (Phi) is 2.68. The summed E-state index contributed by atoms with van der Waals surface area (Å²) >= 11 is 0. The van der Waals surface area contributed by atoms with Gasteiger partial charge in [0.05, 0.1) is 4.92 Å². The maximum atomic E-state index is 10.7. The van der Waals surface area contributed by atoms with Gasteiger partial charge in [0.1, 0.15) is 0 Å². The maximum Gasteiger partial charge on any atom is 0.272 e. The second-order valence-corrected chi connectivity index (χ2v) is 4.62. The highest BCUT2D eigenvalue weighted by Crippen LogP contribution is 2.37. The fourth-order valence-electron chi connectivity index (χ4n) is 2.46. The van der Waals surface area contributed by atoms with E-state index in [1.54, 1.807) is 19.1 Å². The van der Waals surface area contributed by atoms with Gasteiger partial charge in [0.2, 0.25) is 0 Å². The molecule has 1 aliphatic carbocycles. The zero-order valence-electron chi connectivity index (χ0n) is 9.40. The summed E-state index contributed by atoms with van der Waals surface area (Å²) in [7, 11) is 0. The molecule has 0 aliphatic heterocycles. The molecule has 16 heavy (non-hydrogen) atoms. The standard InChI is InChI=1S/C12H16N2O2/c1-9-8-10(4-5-11(9)14(15)16)12(13)6-2-3-7-12/h4-5,8H,2-3,6-7,13H2,1H3. The van der Waals surface area contributed by atoms with Crippen LogP contribution in [0.3, 0.4) is 0 Å². The van der Waals surface area contributed by atoms with E-state index >= 15 is 0 Å². The van der Waals surface area contributed by atoms with Gasteiger partial charge in [-0.3, -0.25) is 10.1 Å². The molecule has 1 aromatic rings. The molecule has 0 radical (unpaired) electrons. The van der Waals surface area contributed by atoms with Crippen molar-refractivity contribution in [3.8, 4) is 0 Å². The van der Waals surface area contributed by atoms with Crippen LogP contribution in [0.4, 0.5) is 5.69 Å². The molecule has 2 N–H and O–H groups in total. The summed E-state index contributed by atoms with van der Waals surface area (Å²) in [6, 6.07) is 5.23. The van der Waals surface area contributed by atoms with Gasteiger partial charge >= 0.3 is 0 Å². The van der Waals surface area contributed by atoms with Gasteiger partial charge in [-0.25, -0.2) is 0 Å². The first kappa shape index (κ1) is 11.1. The minimum Gasteiger partial charge on any atom is -0.321 e. The predicted molar refractivity (Wildman–Crippen MR) is 62.2 cm³/mol. The highest BCUT2D eigenvalue weighted by atomic mass is 16.6. The lowest BCUT2D eigenvalue weighted by molar-refractivity contribution is -0.385. The third-order valence-corrected chi connectivity index (χ3v) is 3.46. The van der Waals surface area contributed by atoms with E-state index in [0.717, 1.165) is 31.2 Å². The molecule has 4 heteroatoms. The Balaban J connectivity index is 2.37. The summed E-state index contributed by atoms with van der Waals surface area (Å²) in [5, 5.41) is 10.7. The zero-order valence-corrected chi connectivity index (χ0v) is 9.40. The van der Waals surface area contributed by atoms with Gasteiger partial charge < -0.3 is 5.73 Å². The van der Waals surface area contributed by atoms with E-state index in [0.29, 0.717) is 5.56 Å². The zero-order chi connectivity index (χ0) is 11.8. The Morgan fingerprint density at radius 2 is 2.00 bits per heavy atom. The Bertz CT molecular complexity index is 423. The number of nitrogens with zero attached hydrogens (tertiary/aromatic N) is 1. The van der Waals surface area contributed by atoms with Crippen LogP contribution in [0.1, 0.15) is 36.8 Å². The molecule has 0 spiro atoms. The molecular weight excluding hydrogens is 204 g/mol. The summed E-state index contributed by atoms with van der Waals surface area (Å²) in [5.74, 6) is 0. The van der Waals surface area contributed by atoms with E-state index in [4.69, 9.17) is 5.73 Å². The smallest absolute Gasteiger partial charge is 0.272 e. The average molecular weight is 220 g/mol. The van der Waals surface area contributed by atoms with E-state index < -0.39 is 0 Å². The number of nitro benzene ring substituents is 1. The van der Waals surface area contributed by atoms with Crippen molar-refractivity contribution in [3.63, 3.8) is 0 Å². The summed E-state index contributed by atoms with van der Waals surface area (Å²) in [5.41, 5.74) is 7.94. The molecule has 0 bridgehead atoms. The van der Waals surface area contributed by atoms with Crippen LogP contribution in [-0.2, 0) is 5.54 Å². The second-order valence-electron chi connectivity index (χ2n) is 4.62. The number of rotatable bonds is 2. The number of hydrogen-bond acceptors (Lipinski definition) is 3. The molecular formula is C12H16N2O2. The van der Waals surface area contributed by atoms with Crippen LogP contribution >= 0.6 is 0 Å². The fraction of sp³-hybridized carbons (Fsp3) is 0.500. The average Bonchev–Trinajstić information content (AvgIpc) is 2.66. The van der Waals surface area contributed by atoms with Crippen molar-refractivity contribution in [1.82, 2.24) is 0 Å². The van der Waals surface area contributed by atoms with Crippen LogP contribution in [0.15, 0.2) is 18.2 Å². The van der Waals surface area contributed by atoms with Crippen molar-refractivity contribution in [2.24, 2.45) is 5.73 Å².